The van der Waals surface area contributed by atoms with Gasteiger partial charge < -0.3 is 45.5 Å². The molecular weight excluding hydrogens is 502 g/mol. The standard InChI is InChI=1S/C26H27NO11/c1-9-20(28)12(27)6-15(37-9)38-14-8-26(35,25(33)34)7-11-17(14)24(32)19-18(22(11)30)21(29)10-4-3-5-13(36-2)16(10)23(19)31/h3-5,9,12,14-15,20,28,30,32,35H,6-8,27H2,1-2H3,(H,33,34)/t9-,12-,14-,15+,20-,26+/m0/s1. The molecule has 0 aromatic heterocycles. The number of carbonyl (C=O) groups is 3. The van der Waals surface area contributed by atoms with Crippen LogP contribution in [0.2, 0.25) is 0 Å². The fraction of sp³-hybridized carbons (Fsp3) is 0.423. The first-order valence-corrected chi connectivity index (χ1v) is 12.0. The lowest BCUT2D eigenvalue weighted by Gasteiger charge is -2.41. The van der Waals surface area contributed by atoms with Crippen molar-refractivity contribution < 1.29 is 54.1 Å². The smallest absolute Gasteiger partial charge is 0.336 e. The van der Waals surface area contributed by atoms with Crippen LogP contribution in [0, 0.1) is 0 Å². The average Bonchev–Trinajstić information content (AvgIpc) is 2.87. The number of ether oxygens (including phenoxy) is 3. The van der Waals surface area contributed by atoms with Gasteiger partial charge in [0, 0.05) is 42.0 Å². The largest absolute Gasteiger partial charge is 0.507 e. The van der Waals surface area contributed by atoms with E-state index in [9.17, 15) is 39.9 Å². The molecule has 0 radical (unpaired) electrons. The van der Waals surface area contributed by atoms with Crippen molar-refractivity contribution >= 4 is 17.5 Å². The van der Waals surface area contributed by atoms with E-state index >= 15 is 0 Å². The van der Waals surface area contributed by atoms with E-state index in [4.69, 9.17) is 19.9 Å². The molecule has 2 aliphatic carbocycles. The maximum Gasteiger partial charge on any atom is 0.336 e. The van der Waals surface area contributed by atoms with Gasteiger partial charge in [-0.15, -0.1) is 0 Å². The van der Waals surface area contributed by atoms with Crippen molar-refractivity contribution in [3.63, 3.8) is 0 Å². The lowest BCUT2D eigenvalue weighted by molar-refractivity contribution is -0.248. The van der Waals surface area contributed by atoms with Crippen LogP contribution >= 0.6 is 0 Å². The predicted octanol–water partition coefficient (Wildman–Crippen LogP) is 0.524. The molecule has 202 valence electrons. The Hall–Kier alpha value is -3.55. The summed E-state index contributed by atoms with van der Waals surface area (Å²) in [6, 6.07) is 3.60. The zero-order valence-electron chi connectivity index (χ0n) is 20.5. The molecule has 2 aromatic carbocycles. The van der Waals surface area contributed by atoms with Crippen LogP contribution in [-0.2, 0) is 20.7 Å². The van der Waals surface area contributed by atoms with E-state index in [1.807, 2.05) is 0 Å². The molecule has 0 spiro atoms. The highest BCUT2D eigenvalue weighted by atomic mass is 16.7. The van der Waals surface area contributed by atoms with E-state index in [2.05, 4.69) is 0 Å². The SMILES string of the molecule is COc1cccc2c1C(=O)c1c(O)c3c(c(O)c1C2=O)C[C@](O)(C(=O)O)C[C@@H]3O[C@@H]1C[C@H](N)[C@@H](O)[C@H](C)O1. The van der Waals surface area contributed by atoms with Crippen molar-refractivity contribution in [1.29, 1.82) is 0 Å². The number of phenolic OH excluding ortho intramolecular Hbond substituents is 2. The van der Waals surface area contributed by atoms with Gasteiger partial charge in [-0.3, -0.25) is 9.59 Å². The van der Waals surface area contributed by atoms with E-state index in [1.54, 1.807) is 6.92 Å². The number of carbonyl (C=O) groups excluding carboxylic acids is 2. The molecular formula is C26H27NO11. The van der Waals surface area contributed by atoms with Gasteiger partial charge in [0.2, 0.25) is 5.78 Å². The topological polar surface area (TPSA) is 206 Å². The summed E-state index contributed by atoms with van der Waals surface area (Å²) in [4.78, 5) is 39.1. The first-order valence-electron chi connectivity index (χ1n) is 12.0. The fourth-order valence-corrected chi connectivity index (χ4v) is 5.55. The number of fused-ring (bicyclic) bond motifs is 3. The molecule has 38 heavy (non-hydrogen) atoms. The summed E-state index contributed by atoms with van der Waals surface area (Å²) in [5.41, 5.74) is 1.98. The number of benzene rings is 2. The third-order valence-corrected chi connectivity index (χ3v) is 7.54. The van der Waals surface area contributed by atoms with Gasteiger partial charge in [-0.2, -0.15) is 0 Å². The zero-order chi connectivity index (χ0) is 27.7. The van der Waals surface area contributed by atoms with Crippen molar-refractivity contribution in [2.75, 3.05) is 7.11 Å². The fourth-order valence-electron chi connectivity index (χ4n) is 5.55. The van der Waals surface area contributed by atoms with Crippen LogP contribution in [0.4, 0.5) is 0 Å². The lowest BCUT2D eigenvalue weighted by atomic mass is 9.73. The average molecular weight is 529 g/mol. The third kappa shape index (κ3) is 3.76. The Balaban J connectivity index is 1.68. The number of rotatable bonds is 4. The van der Waals surface area contributed by atoms with Gasteiger partial charge in [0.05, 0.1) is 42.1 Å². The van der Waals surface area contributed by atoms with Gasteiger partial charge in [-0.05, 0) is 13.0 Å². The highest BCUT2D eigenvalue weighted by Crippen LogP contribution is 2.52. The Labute approximate surface area is 216 Å². The first kappa shape index (κ1) is 26.1. The molecule has 2 aromatic rings. The Morgan fingerprint density at radius 1 is 1.13 bits per heavy atom. The normalized spacial score (nSPS) is 30.3. The number of hydrogen-bond donors (Lipinski definition) is 6. The summed E-state index contributed by atoms with van der Waals surface area (Å²) in [7, 11) is 1.32. The summed E-state index contributed by atoms with van der Waals surface area (Å²) in [5, 5.41) is 53.5. The van der Waals surface area contributed by atoms with Crippen LogP contribution in [0.1, 0.15) is 68.8 Å². The molecule has 12 heteroatoms. The molecule has 1 heterocycles. The number of hydrogen-bond acceptors (Lipinski definition) is 11. The second-order valence-corrected chi connectivity index (χ2v) is 9.88. The van der Waals surface area contributed by atoms with Crippen molar-refractivity contribution in [1.82, 2.24) is 0 Å². The van der Waals surface area contributed by atoms with Gasteiger partial charge in [0.1, 0.15) is 17.2 Å². The van der Waals surface area contributed by atoms with Crippen LogP contribution in [0.25, 0.3) is 0 Å². The summed E-state index contributed by atoms with van der Waals surface area (Å²) in [6.07, 6.45) is -5.42. The third-order valence-electron chi connectivity index (χ3n) is 7.54. The number of carboxylic acid groups (broad SMARTS) is 1. The molecule has 1 saturated heterocycles. The Morgan fingerprint density at radius 2 is 1.82 bits per heavy atom. The second-order valence-electron chi connectivity index (χ2n) is 9.88. The molecule has 6 atom stereocenters. The van der Waals surface area contributed by atoms with Crippen LogP contribution in [0.3, 0.4) is 0 Å². The van der Waals surface area contributed by atoms with E-state index in [0.717, 1.165) is 0 Å². The van der Waals surface area contributed by atoms with Crippen LogP contribution in [-0.4, -0.2) is 80.3 Å². The lowest BCUT2D eigenvalue weighted by Crippen LogP contribution is -2.52. The Bertz CT molecular complexity index is 1360. The number of ketones is 2. The number of carboxylic acids is 1. The van der Waals surface area contributed by atoms with Gasteiger partial charge in [0.25, 0.3) is 0 Å². The van der Waals surface area contributed by atoms with Crippen molar-refractivity contribution in [2.45, 2.75) is 62.4 Å². The van der Waals surface area contributed by atoms with Gasteiger partial charge >= 0.3 is 5.97 Å². The molecule has 1 aliphatic heterocycles. The molecule has 7 N–H and O–H groups in total. The minimum Gasteiger partial charge on any atom is -0.507 e. The maximum atomic E-state index is 13.6. The number of aliphatic hydroxyl groups excluding tert-OH is 1. The molecule has 3 aliphatic rings. The van der Waals surface area contributed by atoms with Gasteiger partial charge in [-0.1, -0.05) is 12.1 Å². The molecule has 12 nitrogen and oxygen atoms in total. The van der Waals surface area contributed by atoms with E-state index in [1.165, 1.54) is 25.3 Å². The molecule has 0 saturated carbocycles. The monoisotopic (exact) mass is 529 g/mol. The predicted molar refractivity (Wildman–Crippen MR) is 127 cm³/mol. The number of aliphatic carboxylic acids is 1. The summed E-state index contributed by atoms with van der Waals surface area (Å²) < 4.78 is 16.9. The molecule has 0 amide bonds. The zero-order valence-corrected chi connectivity index (χ0v) is 20.5. The van der Waals surface area contributed by atoms with Gasteiger partial charge in [-0.25, -0.2) is 4.79 Å². The summed E-state index contributed by atoms with van der Waals surface area (Å²) >= 11 is 0. The Morgan fingerprint density at radius 3 is 2.45 bits per heavy atom. The summed E-state index contributed by atoms with van der Waals surface area (Å²) in [6.45, 7) is 1.57. The first-order chi connectivity index (χ1) is 17.9. The highest BCUT2D eigenvalue weighted by molar-refractivity contribution is 6.31. The van der Waals surface area contributed by atoms with Gasteiger partial charge in [0.15, 0.2) is 17.7 Å². The molecule has 0 bridgehead atoms. The number of methoxy groups -OCH3 is 1. The van der Waals surface area contributed by atoms with E-state index < -0.39 is 89.2 Å². The van der Waals surface area contributed by atoms with Crippen molar-refractivity contribution in [2.24, 2.45) is 5.73 Å². The van der Waals surface area contributed by atoms with Crippen LogP contribution in [0.15, 0.2) is 18.2 Å². The van der Waals surface area contributed by atoms with E-state index in [0.29, 0.717) is 0 Å². The number of aromatic hydroxyl groups is 2. The van der Waals surface area contributed by atoms with E-state index in [-0.39, 0.29) is 34.4 Å². The maximum absolute atomic E-state index is 13.6. The van der Waals surface area contributed by atoms with Crippen molar-refractivity contribution in [3.8, 4) is 17.2 Å². The number of phenols is 2. The number of aliphatic hydroxyl groups is 2. The number of nitrogens with two attached hydrogens (primary N) is 1. The van der Waals surface area contributed by atoms with Crippen molar-refractivity contribution in [3.05, 3.63) is 51.6 Å². The molecule has 5 rings (SSSR count). The van der Waals surface area contributed by atoms with Crippen LogP contribution in [0.5, 0.6) is 17.2 Å². The Kier molecular flexibility index (Phi) is 6.20. The quantitative estimate of drug-likeness (QED) is 0.256. The second kappa shape index (κ2) is 9.03. The molecule has 0 unspecified atom stereocenters. The minimum atomic E-state index is -2.44. The molecule has 1 fully saturated rings. The summed E-state index contributed by atoms with van der Waals surface area (Å²) in [5.74, 6) is -4.52. The highest BCUT2D eigenvalue weighted by Gasteiger charge is 2.50. The van der Waals surface area contributed by atoms with Crippen LogP contribution < -0.4 is 10.5 Å². The minimum absolute atomic E-state index is 0.00250.